The summed E-state index contributed by atoms with van der Waals surface area (Å²) < 4.78 is 0. The SMILES string of the molecule is O=[N+]([O-])c1nc(N=Nc2ncn[nH]2)nn1[N+](=O)[O-]. The van der Waals surface area contributed by atoms with Gasteiger partial charge in [0.25, 0.3) is 5.95 Å². The van der Waals surface area contributed by atoms with Gasteiger partial charge in [0.2, 0.25) is 0 Å². The summed E-state index contributed by atoms with van der Waals surface area (Å²) in [5, 5.41) is 35.5. The fraction of sp³-hybridized carbons (Fsp3) is 0. The number of nitrogens with one attached hydrogen (secondary N) is 1. The van der Waals surface area contributed by atoms with Crippen LogP contribution in [0.25, 0.3) is 0 Å². The Balaban J connectivity index is 2.32. The zero-order chi connectivity index (χ0) is 13.1. The first-order valence-corrected chi connectivity index (χ1v) is 4.11. The summed E-state index contributed by atoms with van der Waals surface area (Å²) in [5.74, 6) is -1.63. The first-order valence-electron chi connectivity index (χ1n) is 4.11. The molecule has 1 N–H and O–H groups in total. The molecule has 0 unspecified atom stereocenters. The Morgan fingerprint density at radius 3 is 2.61 bits per heavy atom. The van der Waals surface area contributed by atoms with E-state index in [2.05, 4.69) is 35.5 Å². The lowest BCUT2D eigenvalue weighted by molar-refractivity contribution is -0.570. The van der Waals surface area contributed by atoms with Crippen molar-refractivity contribution in [3.63, 3.8) is 0 Å². The number of hydrogen-bond donors (Lipinski definition) is 1. The standard InChI is InChI=1S/C4H2N10O4/c15-13(16)4-7-3(11-12(4)14(17)18)10-9-2-5-1-6-8-2/h1H,(H,5,6,8). The number of azo groups is 1. The second kappa shape index (κ2) is 4.28. The van der Waals surface area contributed by atoms with Gasteiger partial charge in [-0.1, -0.05) is 5.11 Å². The summed E-state index contributed by atoms with van der Waals surface area (Å²) in [6, 6.07) is 0. The summed E-state index contributed by atoms with van der Waals surface area (Å²) >= 11 is 0. The molecule has 2 aromatic heterocycles. The van der Waals surface area contributed by atoms with Gasteiger partial charge in [-0.3, -0.25) is 0 Å². The van der Waals surface area contributed by atoms with Gasteiger partial charge in [0.1, 0.15) is 11.4 Å². The van der Waals surface area contributed by atoms with Crippen LogP contribution in [0.1, 0.15) is 0 Å². The first-order chi connectivity index (χ1) is 8.58. The number of nitro groups is 2. The van der Waals surface area contributed by atoms with Gasteiger partial charge in [0.15, 0.2) is 9.89 Å². The molecule has 92 valence electrons. The molecule has 2 rings (SSSR count). The lowest BCUT2D eigenvalue weighted by atomic mass is 11.0. The van der Waals surface area contributed by atoms with Gasteiger partial charge in [0, 0.05) is 4.98 Å². The van der Waals surface area contributed by atoms with Crippen molar-refractivity contribution in [2.75, 3.05) is 0 Å². The molecule has 14 heteroatoms. The molecule has 0 saturated heterocycles. The zero-order valence-electron chi connectivity index (χ0n) is 8.24. The second-order valence-corrected chi connectivity index (χ2v) is 2.61. The van der Waals surface area contributed by atoms with E-state index in [-0.39, 0.29) is 10.7 Å². The first kappa shape index (κ1) is 11.2. The maximum Gasteiger partial charge on any atom is 0.526 e. The Hall–Kier alpha value is -3.32. The van der Waals surface area contributed by atoms with Gasteiger partial charge in [-0.15, -0.1) is 5.11 Å². The number of aromatic nitrogens is 6. The van der Waals surface area contributed by atoms with Crippen molar-refractivity contribution in [2.24, 2.45) is 10.2 Å². The van der Waals surface area contributed by atoms with E-state index in [0.717, 1.165) is 6.33 Å². The largest absolute Gasteiger partial charge is 0.526 e. The fourth-order valence-electron chi connectivity index (χ4n) is 0.891. The molecule has 2 heterocycles. The molecule has 0 radical (unpaired) electrons. The number of hydrogen-bond acceptors (Lipinski definition) is 10. The van der Waals surface area contributed by atoms with E-state index in [4.69, 9.17) is 0 Å². The fourth-order valence-corrected chi connectivity index (χ4v) is 0.891. The van der Waals surface area contributed by atoms with E-state index in [1.54, 1.807) is 0 Å². The van der Waals surface area contributed by atoms with Crippen molar-refractivity contribution >= 4 is 17.8 Å². The third-order valence-electron chi connectivity index (χ3n) is 1.52. The molecule has 2 aromatic rings. The smallest absolute Gasteiger partial charge is 0.390 e. The third kappa shape index (κ3) is 2.10. The average molecular weight is 254 g/mol. The maximum atomic E-state index is 10.4. The topological polar surface area (TPSA) is 183 Å². The second-order valence-electron chi connectivity index (χ2n) is 2.61. The Morgan fingerprint density at radius 1 is 1.33 bits per heavy atom. The maximum absolute atomic E-state index is 10.4. The summed E-state index contributed by atoms with van der Waals surface area (Å²) in [5.41, 5.74) is 0. The summed E-state index contributed by atoms with van der Waals surface area (Å²) in [4.78, 5) is 26.5. The summed E-state index contributed by atoms with van der Waals surface area (Å²) in [7, 11) is 0. The van der Waals surface area contributed by atoms with Crippen LogP contribution in [0.4, 0.5) is 17.8 Å². The lowest BCUT2D eigenvalue weighted by Crippen LogP contribution is -2.13. The van der Waals surface area contributed by atoms with Crippen molar-refractivity contribution in [1.82, 2.24) is 30.1 Å². The molecular weight excluding hydrogens is 252 g/mol. The molecule has 0 aromatic carbocycles. The van der Waals surface area contributed by atoms with Crippen LogP contribution in [0.15, 0.2) is 16.6 Å². The van der Waals surface area contributed by atoms with Gasteiger partial charge >= 0.3 is 11.9 Å². The molecule has 0 spiro atoms. The quantitative estimate of drug-likeness (QED) is 0.439. The predicted molar refractivity (Wildman–Crippen MR) is 49.6 cm³/mol. The van der Waals surface area contributed by atoms with Crippen molar-refractivity contribution in [2.45, 2.75) is 0 Å². The van der Waals surface area contributed by atoms with E-state index >= 15 is 0 Å². The van der Waals surface area contributed by atoms with E-state index in [1.807, 2.05) is 0 Å². The zero-order valence-corrected chi connectivity index (χ0v) is 8.24. The van der Waals surface area contributed by atoms with Crippen LogP contribution in [0.2, 0.25) is 0 Å². The highest BCUT2D eigenvalue weighted by atomic mass is 16.7. The van der Waals surface area contributed by atoms with Gasteiger partial charge in [-0.05, 0) is 4.92 Å². The van der Waals surface area contributed by atoms with E-state index in [9.17, 15) is 20.2 Å². The summed E-state index contributed by atoms with van der Waals surface area (Å²) in [6.07, 6.45) is 1.15. The molecule has 0 fully saturated rings. The highest BCUT2D eigenvalue weighted by Gasteiger charge is 2.32. The number of rotatable bonds is 4. The number of nitrogens with zero attached hydrogens (tertiary/aromatic N) is 9. The molecule has 0 aliphatic heterocycles. The van der Waals surface area contributed by atoms with Crippen LogP contribution < -0.4 is 0 Å². The van der Waals surface area contributed by atoms with Crippen LogP contribution in [-0.2, 0) is 0 Å². The number of H-pyrrole nitrogens is 1. The highest BCUT2D eigenvalue weighted by Crippen LogP contribution is 2.15. The molecule has 0 aliphatic rings. The Bertz CT molecular complexity index is 580. The Kier molecular flexibility index (Phi) is 2.65. The van der Waals surface area contributed by atoms with Crippen LogP contribution >= 0.6 is 0 Å². The van der Waals surface area contributed by atoms with Crippen LogP contribution in [-0.4, -0.2) is 40.0 Å². The average Bonchev–Trinajstić information content (AvgIpc) is 2.95. The van der Waals surface area contributed by atoms with Gasteiger partial charge in [-0.25, -0.2) is 5.10 Å². The molecule has 18 heavy (non-hydrogen) atoms. The van der Waals surface area contributed by atoms with Crippen molar-refractivity contribution in [1.29, 1.82) is 0 Å². The molecule has 0 bridgehead atoms. The van der Waals surface area contributed by atoms with Crippen molar-refractivity contribution in [3.8, 4) is 0 Å². The van der Waals surface area contributed by atoms with E-state index in [1.165, 1.54) is 0 Å². The minimum Gasteiger partial charge on any atom is -0.390 e. The predicted octanol–water partition coefficient (Wildman–Crippen LogP) is -0.240. The lowest BCUT2D eigenvalue weighted by Gasteiger charge is -1.88. The Morgan fingerprint density at radius 2 is 2.11 bits per heavy atom. The molecule has 0 atom stereocenters. The number of aromatic amines is 1. The highest BCUT2D eigenvalue weighted by molar-refractivity contribution is 5.20. The monoisotopic (exact) mass is 254 g/mol. The van der Waals surface area contributed by atoms with E-state index < -0.39 is 21.9 Å². The van der Waals surface area contributed by atoms with Crippen LogP contribution in [0.3, 0.4) is 0 Å². The van der Waals surface area contributed by atoms with Crippen LogP contribution in [0, 0.1) is 20.2 Å². The van der Waals surface area contributed by atoms with Gasteiger partial charge < -0.3 is 20.2 Å². The molecular formula is C4H2N10O4. The summed E-state index contributed by atoms with van der Waals surface area (Å²) in [6.45, 7) is 0. The van der Waals surface area contributed by atoms with E-state index in [0.29, 0.717) is 0 Å². The third-order valence-corrected chi connectivity index (χ3v) is 1.52. The minimum atomic E-state index is -1.11. The van der Waals surface area contributed by atoms with Gasteiger partial charge in [0.05, 0.1) is 0 Å². The molecule has 0 aliphatic carbocycles. The van der Waals surface area contributed by atoms with Crippen molar-refractivity contribution < 1.29 is 9.96 Å². The van der Waals surface area contributed by atoms with Crippen molar-refractivity contribution in [3.05, 3.63) is 26.6 Å². The minimum absolute atomic E-state index is 0.00453. The molecule has 0 amide bonds. The van der Waals surface area contributed by atoms with Crippen LogP contribution in [0.5, 0.6) is 0 Å². The molecule has 0 saturated carbocycles. The Labute approximate surface area is 95.7 Å². The van der Waals surface area contributed by atoms with Gasteiger partial charge in [-0.2, -0.15) is 10.1 Å². The normalized spacial score (nSPS) is 10.9. The molecule has 14 nitrogen and oxygen atoms in total.